The highest BCUT2D eigenvalue weighted by Gasteiger charge is 2.30. The SMILES string of the molecule is Cc1cc(NC(=O)C2CC2)c2ccccc2c1Oc1ncccc1-c1ccnc(N[C@@H]2CNC[C@@H](F)C2)c1. The van der Waals surface area contributed by atoms with Crippen LogP contribution in [0, 0.1) is 12.8 Å². The van der Waals surface area contributed by atoms with E-state index in [0.29, 0.717) is 37.0 Å². The van der Waals surface area contributed by atoms with Crippen molar-refractivity contribution in [3.05, 3.63) is 72.6 Å². The number of ether oxygens (including phenoxy) is 1. The molecule has 3 heterocycles. The molecule has 0 spiro atoms. The zero-order valence-corrected chi connectivity index (χ0v) is 21.2. The second-order valence-corrected chi connectivity index (χ2v) is 10.1. The Balaban J connectivity index is 1.31. The van der Waals surface area contributed by atoms with Crippen molar-refractivity contribution in [1.29, 1.82) is 0 Å². The summed E-state index contributed by atoms with van der Waals surface area (Å²) in [5.41, 5.74) is 3.40. The number of nitrogens with one attached hydrogen (secondary N) is 3. The molecule has 38 heavy (non-hydrogen) atoms. The molecular weight excluding hydrogens is 481 g/mol. The maximum atomic E-state index is 13.8. The summed E-state index contributed by atoms with van der Waals surface area (Å²) in [7, 11) is 0. The van der Waals surface area contributed by atoms with E-state index in [1.807, 2.05) is 61.5 Å². The van der Waals surface area contributed by atoms with Crippen LogP contribution in [0.1, 0.15) is 24.8 Å². The fourth-order valence-corrected chi connectivity index (χ4v) is 4.98. The predicted octanol–water partition coefficient (Wildman–Crippen LogP) is 5.86. The van der Waals surface area contributed by atoms with Crippen LogP contribution in [0.4, 0.5) is 15.9 Å². The number of carbonyl (C=O) groups is 1. The first-order valence-corrected chi connectivity index (χ1v) is 13.1. The van der Waals surface area contributed by atoms with Crippen molar-refractivity contribution in [2.75, 3.05) is 23.7 Å². The first-order chi connectivity index (χ1) is 18.5. The molecule has 1 saturated heterocycles. The summed E-state index contributed by atoms with van der Waals surface area (Å²) in [5.74, 6) is 2.03. The van der Waals surface area contributed by atoms with Gasteiger partial charge in [-0.25, -0.2) is 14.4 Å². The van der Waals surface area contributed by atoms with Crippen molar-refractivity contribution >= 4 is 28.2 Å². The molecule has 2 aliphatic rings. The third-order valence-electron chi connectivity index (χ3n) is 7.08. The van der Waals surface area contributed by atoms with Crippen LogP contribution in [-0.2, 0) is 4.79 Å². The van der Waals surface area contributed by atoms with Crippen LogP contribution in [0.15, 0.2) is 67.0 Å². The third kappa shape index (κ3) is 5.17. The Kier molecular flexibility index (Phi) is 6.64. The van der Waals surface area contributed by atoms with Gasteiger partial charge in [-0.15, -0.1) is 0 Å². The molecule has 0 bridgehead atoms. The molecule has 2 fully saturated rings. The Labute approximate surface area is 220 Å². The summed E-state index contributed by atoms with van der Waals surface area (Å²) in [5, 5.41) is 11.4. The van der Waals surface area contributed by atoms with Gasteiger partial charge in [0.15, 0.2) is 0 Å². The molecule has 6 rings (SSSR count). The molecular formula is C30H30FN5O2. The van der Waals surface area contributed by atoms with E-state index in [1.54, 1.807) is 12.4 Å². The number of alkyl halides is 1. The van der Waals surface area contributed by atoms with Crippen molar-refractivity contribution < 1.29 is 13.9 Å². The lowest BCUT2D eigenvalue weighted by molar-refractivity contribution is -0.117. The zero-order chi connectivity index (χ0) is 26.1. The number of amides is 1. The van der Waals surface area contributed by atoms with Gasteiger partial charge in [0.1, 0.15) is 17.7 Å². The van der Waals surface area contributed by atoms with Crippen LogP contribution in [0.2, 0.25) is 0 Å². The van der Waals surface area contributed by atoms with Gasteiger partial charge in [-0.3, -0.25) is 4.79 Å². The minimum atomic E-state index is -0.866. The van der Waals surface area contributed by atoms with E-state index in [0.717, 1.165) is 46.0 Å². The highest BCUT2D eigenvalue weighted by atomic mass is 19.1. The molecule has 2 aromatic carbocycles. The number of piperidine rings is 1. The van der Waals surface area contributed by atoms with Crippen LogP contribution in [0.25, 0.3) is 21.9 Å². The van der Waals surface area contributed by atoms with Crippen molar-refractivity contribution in [1.82, 2.24) is 15.3 Å². The number of nitrogens with zero attached hydrogens (tertiary/aromatic N) is 2. The minimum absolute atomic E-state index is 0.0287. The number of halogens is 1. The summed E-state index contributed by atoms with van der Waals surface area (Å²) < 4.78 is 20.3. The summed E-state index contributed by atoms with van der Waals surface area (Å²) in [4.78, 5) is 21.5. The predicted molar refractivity (Wildman–Crippen MR) is 147 cm³/mol. The van der Waals surface area contributed by atoms with Crippen molar-refractivity contribution in [3.8, 4) is 22.8 Å². The third-order valence-corrected chi connectivity index (χ3v) is 7.08. The van der Waals surface area contributed by atoms with Crippen LogP contribution >= 0.6 is 0 Å². The number of rotatable bonds is 7. The number of hydrogen-bond donors (Lipinski definition) is 3. The summed E-state index contributed by atoms with van der Waals surface area (Å²) in [6, 6.07) is 17.5. The number of benzene rings is 2. The number of aromatic nitrogens is 2. The fourth-order valence-electron chi connectivity index (χ4n) is 4.98. The van der Waals surface area contributed by atoms with Gasteiger partial charge in [-0.2, -0.15) is 0 Å². The Morgan fingerprint density at radius 3 is 2.68 bits per heavy atom. The van der Waals surface area contributed by atoms with E-state index in [9.17, 15) is 9.18 Å². The highest BCUT2D eigenvalue weighted by Crippen LogP contribution is 2.40. The van der Waals surface area contributed by atoms with Crippen LogP contribution in [0.3, 0.4) is 0 Å². The van der Waals surface area contributed by atoms with E-state index in [2.05, 4.69) is 25.9 Å². The van der Waals surface area contributed by atoms with E-state index >= 15 is 0 Å². The molecule has 8 heteroatoms. The molecule has 0 unspecified atom stereocenters. The fraction of sp³-hybridized carbons (Fsp3) is 0.300. The van der Waals surface area contributed by atoms with Crippen LogP contribution in [-0.4, -0.2) is 41.2 Å². The van der Waals surface area contributed by atoms with E-state index in [-0.39, 0.29) is 17.9 Å². The van der Waals surface area contributed by atoms with Crippen LogP contribution < -0.4 is 20.7 Å². The average molecular weight is 512 g/mol. The van der Waals surface area contributed by atoms with E-state index in [4.69, 9.17) is 4.74 Å². The standard InChI is InChI=1S/C30H30FN5O2/c1-18-13-26(36-29(37)19-8-9-19)24-5-2-3-6-25(24)28(18)38-30-23(7-4-11-34-30)20-10-12-33-27(14-20)35-22-15-21(31)16-32-17-22/h2-7,10-14,19,21-22,32H,8-9,15-17H2,1H3,(H,33,35)(H,36,37)/t21-,22-/m0/s1. The molecule has 3 N–H and O–H groups in total. The molecule has 2 aromatic heterocycles. The Morgan fingerprint density at radius 1 is 1.03 bits per heavy atom. The van der Waals surface area contributed by atoms with Gasteiger partial charge in [0.2, 0.25) is 11.8 Å². The molecule has 1 amide bonds. The lowest BCUT2D eigenvalue weighted by Gasteiger charge is -2.27. The largest absolute Gasteiger partial charge is 0.437 e. The molecule has 1 aliphatic heterocycles. The Bertz CT molecular complexity index is 1490. The summed E-state index contributed by atoms with van der Waals surface area (Å²) in [6.07, 6.45) is 4.92. The monoisotopic (exact) mass is 511 g/mol. The van der Waals surface area contributed by atoms with E-state index < -0.39 is 6.17 Å². The molecule has 1 aliphatic carbocycles. The molecule has 7 nitrogen and oxygen atoms in total. The van der Waals surface area contributed by atoms with Gasteiger partial charge in [0.25, 0.3) is 0 Å². The highest BCUT2D eigenvalue weighted by molar-refractivity contribution is 6.06. The molecule has 4 aromatic rings. The lowest BCUT2D eigenvalue weighted by atomic mass is 10.0. The lowest BCUT2D eigenvalue weighted by Crippen LogP contribution is -2.44. The maximum Gasteiger partial charge on any atom is 0.227 e. The second-order valence-electron chi connectivity index (χ2n) is 10.1. The zero-order valence-electron chi connectivity index (χ0n) is 21.2. The van der Waals surface area contributed by atoms with Gasteiger partial charge in [0.05, 0.1) is 0 Å². The van der Waals surface area contributed by atoms with Crippen molar-refractivity contribution in [2.45, 2.75) is 38.4 Å². The Morgan fingerprint density at radius 2 is 1.87 bits per heavy atom. The molecule has 1 saturated carbocycles. The molecule has 0 radical (unpaired) electrons. The average Bonchev–Trinajstić information content (AvgIpc) is 3.77. The van der Waals surface area contributed by atoms with Gasteiger partial charge in [-0.1, -0.05) is 24.3 Å². The number of fused-ring (bicyclic) bond motifs is 1. The second kappa shape index (κ2) is 10.4. The summed E-state index contributed by atoms with van der Waals surface area (Å²) in [6.45, 7) is 3.06. The van der Waals surface area contributed by atoms with Crippen molar-refractivity contribution in [3.63, 3.8) is 0 Å². The first-order valence-electron chi connectivity index (χ1n) is 13.1. The number of aryl methyl sites for hydroxylation is 1. The van der Waals surface area contributed by atoms with Gasteiger partial charge < -0.3 is 20.7 Å². The molecule has 194 valence electrons. The van der Waals surface area contributed by atoms with Gasteiger partial charge >= 0.3 is 0 Å². The number of anilines is 2. The smallest absolute Gasteiger partial charge is 0.227 e. The normalized spacial score (nSPS) is 19.2. The molecule has 2 atom stereocenters. The summed E-state index contributed by atoms with van der Waals surface area (Å²) >= 11 is 0. The van der Waals surface area contributed by atoms with Gasteiger partial charge in [-0.05, 0) is 61.2 Å². The quantitative estimate of drug-likeness (QED) is 0.288. The number of pyridine rings is 2. The Hall–Kier alpha value is -4.04. The number of hydrogen-bond acceptors (Lipinski definition) is 6. The topological polar surface area (TPSA) is 88.2 Å². The minimum Gasteiger partial charge on any atom is -0.437 e. The van der Waals surface area contributed by atoms with Gasteiger partial charge in [0, 0.05) is 65.9 Å². The van der Waals surface area contributed by atoms with E-state index in [1.165, 1.54) is 0 Å². The maximum absolute atomic E-state index is 13.8. The number of carbonyl (C=O) groups excluding carboxylic acids is 1. The van der Waals surface area contributed by atoms with Crippen LogP contribution in [0.5, 0.6) is 11.6 Å². The first kappa shape index (κ1) is 24.3. The van der Waals surface area contributed by atoms with Crippen molar-refractivity contribution in [2.24, 2.45) is 5.92 Å².